The first-order valence-electron chi connectivity index (χ1n) is 2.36. The van der Waals surface area contributed by atoms with Crippen LogP contribution in [0.1, 0.15) is 6.92 Å². The summed E-state index contributed by atoms with van der Waals surface area (Å²) in [5.74, 6) is 5.34. The van der Waals surface area contributed by atoms with Gasteiger partial charge in [0.25, 0.3) is 0 Å². The third-order valence-electron chi connectivity index (χ3n) is 0.823. The van der Waals surface area contributed by atoms with Gasteiger partial charge in [-0.05, 0) is 13.0 Å². The maximum atomic E-state index is 10.3. The van der Waals surface area contributed by atoms with Crippen LogP contribution in [0.3, 0.4) is 0 Å². The first-order chi connectivity index (χ1) is 3.72. The highest BCUT2D eigenvalue weighted by atomic mass is 16.5. The molecule has 1 atom stereocenters. The molecule has 0 heterocycles. The molecular weight excluding hydrogens is 106 g/mol. The van der Waals surface area contributed by atoms with Crippen LogP contribution < -0.4 is 16.3 Å². The Bertz CT molecular complexity index is 89.3. The topological polar surface area (TPSA) is 65.5 Å². The fourth-order valence-corrected chi connectivity index (χ4v) is 0.410. The van der Waals surface area contributed by atoms with E-state index in [-0.39, 0.29) is 0 Å². The molecule has 0 aromatic carbocycles. The first kappa shape index (κ1) is 7.42. The van der Waals surface area contributed by atoms with Crippen LogP contribution in [0.2, 0.25) is 0 Å². The van der Waals surface area contributed by atoms with Crippen molar-refractivity contribution in [2.45, 2.75) is 6.92 Å². The molecule has 4 N–H and O–H groups in total. The number of rotatable bonds is 2. The van der Waals surface area contributed by atoms with E-state index >= 15 is 0 Å². The second-order valence-corrected chi connectivity index (χ2v) is 1.32. The summed E-state index contributed by atoms with van der Waals surface area (Å²) in [6, 6.07) is 0. The predicted molar refractivity (Wildman–Crippen MR) is 31.3 cm³/mol. The smallest absolute Gasteiger partial charge is 0.214 e. The molecule has 4 nitrogen and oxygen atoms in total. The zero-order valence-electron chi connectivity index (χ0n) is 5.06. The van der Waals surface area contributed by atoms with Crippen molar-refractivity contribution in [2.24, 2.45) is 5.84 Å². The molecule has 0 saturated carbocycles. The maximum absolute atomic E-state index is 10.3. The number of allylic oxidation sites excluding steroid dienone is 1. The number of quaternary nitrogens is 1. The van der Waals surface area contributed by atoms with Crippen molar-refractivity contribution in [3.05, 3.63) is 17.1 Å². The van der Waals surface area contributed by atoms with E-state index in [0.29, 0.717) is 5.82 Å². The molecule has 0 rings (SSSR count). The number of hydrogen-bond acceptors (Lipinski definition) is 3. The molecule has 0 aliphatic rings. The van der Waals surface area contributed by atoms with Gasteiger partial charge in [0, 0.05) is 7.05 Å². The number of hydrogen-bond donors (Lipinski definition) is 3. The Labute approximate surface area is 48.5 Å². The van der Waals surface area contributed by atoms with Crippen molar-refractivity contribution in [1.29, 1.82) is 0 Å². The molecule has 0 aromatic rings. The molecule has 0 aromatic heterocycles. The van der Waals surface area contributed by atoms with Crippen LogP contribution in [0.15, 0.2) is 11.9 Å². The molecule has 1 unspecified atom stereocenters. The quantitative estimate of drug-likeness (QED) is 0.299. The largest absolute Gasteiger partial charge is 0.607 e. The minimum atomic E-state index is -0.421. The van der Waals surface area contributed by atoms with Gasteiger partial charge in [0.2, 0.25) is 5.82 Å². The minimum absolute atomic E-state index is 0.421. The summed E-state index contributed by atoms with van der Waals surface area (Å²) >= 11 is 0. The average molecular weight is 117 g/mol. The monoisotopic (exact) mass is 117 g/mol. The maximum Gasteiger partial charge on any atom is 0.214 e. The van der Waals surface area contributed by atoms with Crippen molar-refractivity contribution < 1.29 is 5.17 Å². The van der Waals surface area contributed by atoms with Crippen LogP contribution in [-0.2, 0) is 0 Å². The molecule has 0 amide bonds. The third kappa shape index (κ3) is 1.92. The van der Waals surface area contributed by atoms with E-state index in [9.17, 15) is 5.21 Å². The van der Waals surface area contributed by atoms with Gasteiger partial charge in [-0.2, -0.15) is 5.84 Å². The van der Waals surface area contributed by atoms with Crippen LogP contribution in [0.25, 0.3) is 0 Å². The highest BCUT2D eigenvalue weighted by molar-refractivity contribution is 4.82. The minimum Gasteiger partial charge on any atom is -0.607 e. The Morgan fingerprint density at radius 3 is 2.38 bits per heavy atom. The van der Waals surface area contributed by atoms with Crippen molar-refractivity contribution >= 4 is 0 Å². The lowest BCUT2D eigenvalue weighted by Crippen LogP contribution is -3.12. The molecule has 48 valence electrons. The predicted octanol–water partition coefficient (Wildman–Crippen LogP) is -1.68. The van der Waals surface area contributed by atoms with Crippen LogP contribution in [0.4, 0.5) is 0 Å². The molecule has 0 radical (unpaired) electrons. The Hall–Kier alpha value is -0.580. The van der Waals surface area contributed by atoms with Gasteiger partial charge in [-0.1, -0.05) is 0 Å². The molecule has 8 heavy (non-hydrogen) atoms. The Kier molecular flexibility index (Phi) is 3.18. The Balaban J connectivity index is 3.72. The van der Waals surface area contributed by atoms with Crippen LogP contribution in [0, 0.1) is 5.21 Å². The zero-order chi connectivity index (χ0) is 6.57. The normalized spacial score (nSPS) is 15.8. The summed E-state index contributed by atoms with van der Waals surface area (Å²) < 4.78 is 0. The number of nitrogens with one attached hydrogen (secondary N) is 2. The average Bonchev–Trinajstić information content (AvgIpc) is 1.69. The van der Waals surface area contributed by atoms with Gasteiger partial charge in [0.15, 0.2) is 0 Å². The van der Waals surface area contributed by atoms with Gasteiger partial charge in [0.1, 0.15) is 0 Å². The van der Waals surface area contributed by atoms with Crippen LogP contribution >= 0.6 is 0 Å². The van der Waals surface area contributed by atoms with Gasteiger partial charge in [0.05, 0.1) is 0 Å². The fraction of sp³-hybridized carbons (Fsp3) is 0.500. The van der Waals surface area contributed by atoms with E-state index in [1.165, 1.54) is 0 Å². The molecule has 0 spiro atoms. The van der Waals surface area contributed by atoms with Crippen molar-refractivity contribution in [3.8, 4) is 0 Å². The summed E-state index contributed by atoms with van der Waals surface area (Å²) in [6.07, 6.45) is 1.63. The van der Waals surface area contributed by atoms with Crippen LogP contribution in [-0.4, -0.2) is 7.05 Å². The highest BCUT2D eigenvalue weighted by Gasteiger charge is 1.92. The summed E-state index contributed by atoms with van der Waals surface area (Å²) in [7, 11) is 1.65. The molecule has 0 fully saturated rings. The second-order valence-electron chi connectivity index (χ2n) is 1.32. The van der Waals surface area contributed by atoms with E-state index in [0.717, 1.165) is 0 Å². The van der Waals surface area contributed by atoms with Crippen LogP contribution in [0.5, 0.6) is 0 Å². The lowest BCUT2D eigenvalue weighted by molar-refractivity contribution is -0.823. The highest BCUT2D eigenvalue weighted by Crippen LogP contribution is 1.67. The summed E-state index contributed by atoms with van der Waals surface area (Å²) in [6.45, 7) is 1.75. The lowest BCUT2D eigenvalue weighted by Gasteiger charge is -2.15. The van der Waals surface area contributed by atoms with Crippen molar-refractivity contribution in [1.82, 2.24) is 5.32 Å². The molecule has 0 saturated heterocycles. The molecule has 0 aliphatic carbocycles. The summed E-state index contributed by atoms with van der Waals surface area (Å²) in [5, 5.41) is 12.5. The summed E-state index contributed by atoms with van der Waals surface area (Å²) in [4.78, 5) is 0. The molecule has 4 heteroatoms. The SMILES string of the molecule is C/C=C(\NC)[NH+](N)[O-]. The lowest BCUT2D eigenvalue weighted by atomic mass is 10.6. The van der Waals surface area contributed by atoms with E-state index < -0.39 is 5.17 Å². The first-order valence-corrected chi connectivity index (χ1v) is 2.36. The van der Waals surface area contributed by atoms with Gasteiger partial charge in [-0.25, -0.2) is 5.17 Å². The number of nitrogens with two attached hydrogens (primary N) is 1. The van der Waals surface area contributed by atoms with Crippen molar-refractivity contribution in [3.63, 3.8) is 0 Å². The standard InChI is InChI=1S/C4H11N3O/c1-3-4(6-2)7(5)8/h3,6-7H,5H2,1-2H3/b4-3+. The molecular formula is C4H11N3O. The second kappa shape index (κ2) is 3.43. The van der Waals surface area contributed by atoms with E-state index in [2.05, 4.69) is 5.32 Å². The Morgan fingerprint density at radius 1 is 1.88 bits per heavy atom. The third-order valence-corrected chi connectivity index (χ3v) is 0.823. The summed E-state index contributed by atoms with van der Waals surface area (Å²) in [5.41, 5.74) is 0. The van der Waals surface area contributed by atoms with Gasteiger partial charge in [-0.15, -0.1) is 0 Å². The fourth-order valence-electron chi connectivity index (χ4n) is 0.410. The van der Waals surface area contributed by atoms with Gasteiger partial charge < -0.3 is 10.5 Å². The number of hydroxylamine groups is 1. The molecule has 0 bridgehead atoms. The van der Waals surface area contributed by atoms with Crippen molar-refractivity contribution in [2.75, 3.05) is 7.05 Å². The van der Waals surface area contributed by atoms with E-state index in [1.54, 1.807) is 20.0 Å². The van der Waals surface area contributed by atoms with E-state index in [4.69, 9.17) is 5.84 Å². The molecule has 0 aliphatic heterocycles. The Morgan fingerprint density at radius 2 is 2.38 bits per heavy atom. The zero-order valence-corrected chi connectivity index (χ0v) is 5.06. The van der Waals surface area contributed by atoms with Gasteiger partial charge in [-0.3, -0.25) is 0 Å². The van der Waals surface area contributed by atoms with Gasteiger partial charge >= 0.3 is 0 Å². The van der Waals surface area contributed by atoms with E-state index in [1.807, 2.05) is 0 Å².